The van der Waals surface area contributed by atoms with Crippen LogP contribution >= 0.6 is 15.9 Å². The molecule has 0 aliphatic heterocycles. The fourth-order valence-corrected chi connectivity index (χ4v) is 2.23. The van der Waals surface area contributed by atoms with Crippen LogP contribution in [0.5, 0.6) is 5.75 Å². The van der Waals surface area contributed by atoms with Crippen LogP contribution in [0.4, 0.5) is 0 Å². The Kier molecular flexibility index (Phi) is 2.42. The highest BCUT2D eigenvalue weighted by Crippen LogP contribution is 2.31. The lowest BCUT2D eigenvalue weighted by molar-refractivity contribution is 0.419. The number of aryl methyl sites for hydroxylation is 1. The molecule has 0 aliphatic carbocycles. The van der Waals surface area contributed by atoms with Crippen LogP contribution in [0, 0.1) is 6.92 Å². The lowest BCUT2D eigenvalue weighted by Gasteiger charge is -2.07. The Morgan fingerprint density at radius 1 is 1.36 bits per heavy atom. The number of ether oxygens (including phenoxy) is 1. The van der Waals surface area contributed by atoms with E-state index in [1.54, 1.807) is 7.11 Å². The second-order valence-electron chi connectivity index (χ2n) is 3.11. The van der Waals surface area contributed by atoms with E-state index in [-0.39, 0.29) is 0 Å². The van der Waals surface area contributed by atoms with Crippen molar-refractivity contribution in [3.8, 4) is 5.75 Å². The summed E-state index contributed by atoms with van der Waals surface area (Å²) in [5, 5.41) is 2.17. The Morgan fingerprint density at radius 2 is 2.14 bits per heavy atom. The van der Waals surface area contributed by atoms with Crippen molar-refractivity contribution >= 4 is 26.7 Å². The Bertz CT molecular complexity index is 482. The average molecular weight is 252 g/mol. The highest BCUT2D eigenvalue weighted by atomic mass is 79.9. The van der Waals surface area contributed by atoms with Crippen LogP contribution in [0.2, 0.25) is 0 Å². The molecule has 72 valence electrons. The fourth-order valence-electron chi connectivity index (χ4n) is 1.53. The van der Waals surface area contributed by atoms with Crippen LogP contribution in [0.25, 0.3) is 10.8 Å². The van der Waals surface area contributed by atoms with Crippen molar-refractivity contribution in [1.29, 1.82) is 0 Å². The van der Waals surface area contributed by atoms with E-state index in [2.05, 4.69) is 27.0 Å². The molecule has 0 atom stereocenters. The second-order valence-corrected chi connectivity index (χ2v) is 3.86. The molecule has 2 nitrogen and oxygen atoms in total. The molecule has 0 radical (unpaired) electrons. The van der Waals surface area contributed by atoms with E-state index < -0.39 is 0 Å². The third-order valence-electron chi connectivity index (χ3n) is 2.12. The topological polar surface area (TPSA) is 22.1 Å². The maximum absolute atomic E-state index is 5.28. The van der Waals surface area contributed by atoms with Crippen LogP contribution < -0.4 is 4.74 Å². The predicted octanol–water partition coefficient (Wildman–Crippen LogP) is 3.31. The summed E-state index contributed by atoms with van der Waals surface area (Å²) in [4.78, 5) is 4.35. The number of fused-ring (bicyclic) bond motifs is 1. The van der Waals surface area contributed by atoms with Crippen molar-refractivity contribution in [3.05, 3.63) is 34.6 Å². The van der Waals surface area contributed by atoms with Gasteiger partial charge in [-0.05, 0) is 40.4 Å². The first-order chi connectivity index (χ1) is 6.72. The zero-order chi connectivity index (χ0) is 10.1. The van der Waals surface area contributed by atoms with Gasteiger partial charge in [-0.3, -0.25) is 0 Å². The summed E-state index contributed by atoms with van der Waals surface area (Å²) in [6.45, 7) is 1.98. The molecule has 0 amide bonds. The van der Waals surface area contributed by atoms with Crippen LogP contribution in [0.1, 0.15) is 5.69 Å². The Balaban J connectivity index is 2.87. The summed E-state index contributed by atoms with van der Waals surface area (Å²) in [5.41, 5.74) is 0.998. The van der Waals surface area contributed by atoms with Gasteiger partial charge in [-0.15, -0.1) is 0 Å². The molecule has 1 aromatic heterocycles. The molecule has 1 heterocycles. The number of nitrogens with zero attached hydrogens (tertiary/aromatic N) is 1. The van der Waals surface area contributed by atoms with Crippen molar-refractivity contribution < 1.29 is 4.74 Å². The van der Waals surface area contributed by atoms with Crippen LogP contribution in [0.15, 0.2) is 28.9 Å². The van der Waals surface area contributed by atoms with Gasteiger partial charge in [-0.25, -0.2) is 4.98 Å². The number of hydrogen-bond donors (Lipinski definition) is 0. The second kappa shape index (κ2) is 3.58. The van der Waals surface area contributed by atoms with E-state index >= 15 is 0 Å². The molecule has 0 fully saturated rings. The van der Waals surface area contributed by atoms with Gasteiger partial charge in [-0.2, -0.15) is 0 Å². The predicted molar refractivity (Wildman–Crippen MR) is 60.7 cm³/mol. The highest BCUT2D eigenvalue weighted by Gasteiger charge is 2.06. The number of benzene rings is 1. The van der Waals surface area contributed by atoms with Gasteiger partial charge in [0.2, 0.25) is 0 Å². The lowest BCUT2D eigenvalue weighted by atomic mass is 10.1. The van der Waals surface area contributed by atoms with Gasteiger partial charge < -0.3 is 4.74 Å². The van der Waals surface area contributed by atoms with E-state index in [4.69, 9.17) is 4.74 Å². The molecular weight excluding hydrogens is 242 g/mol. The standard InChI is InChI=1S/C11H10BrNO/c1-7-6-8-4-3-5-9(14-2)10(8)11(12)13-7/h3-6H,1-2H3. The Labute approximate surface area is 91.0 Å². The number of halogens is 1. The molecule has 0 unspecified atom stereocenters. The number of rotatable bonds is 1. The minimum Gasteiger partial charge on any atom is -0.496 e. The minimum atomic E-state index is 0.838. The van der Waals surface area contributed by atoms with Crippen LogP contribution in [-0.4, -0.2) is 12.1 Å². The van der Waals surface area contributed by atoms with Crippen LogP contribution in [0.3, 0.4) is 0 Å². The summed E-state index contributed by atoms with van der Waals surface area (Å²) in [6, 6.07) is 8.01. The zero-order valence-corrected chi connectivity index (χ0v) is 9.63. The third-order valence-corrected chi connectivity index (χ3v) is 2.70. The van der Waals surface area contributed by atoms with E-state index in [0.29, 0.717) is 0 Å². The van der Waals surface area contributed by atoms with Gasteiger partial charge in [0.25, 0.3) is 0 Å². The largest absolute Gasteiger partial charge is 0.496 e. The molecule has 0 spiro atoms. The maximum Gasteiger partial charge on any atom is 0.129 e. The van der Waals surface area contributed by atoms with E-state index in [1.807, 2.05) is 25.1 Å². The summed E-state index contributed by atoms with van der Waals surface area (Å²) in [5.74, 6) is 0.849. The molecule has 1 aromatic carbocycles. The van der Waals surface area contributed by atoms with E-state index in [9.17, 15) is 0 Å². The first-order valence-corrected chi connectivity index (χ1v) is 5.11. The normalized spacial score (nSPS) is 10.5. The summed E-state index contributed by atoms with van der Waals surface area (Å²) in [7, 11) is 1.67. The molecule has 2 rings (SSSR count). The summed E-state index contributed by atoms with van der Waals surface area (Å²) >= 11 is 3.45. The number of aromatic nitrogens is 1. The lowest BCUT2D eigenvalue weighted by Crippen LogP contribution is -1.89. The number of pyridine rings is 1. The minimum absolute atomic E-state index is 0.838. The third kappa shape index (κ3) is 1.48. The quantitative estimate of drug-likeness (QED) is 0.726. The molecule has 14 heavy (non-hydrogen) atoms. The van der Waals surface area contributed by atoms with Gasteiger partial charge in [0.1, 0.15) is 10.4 Å². The molecular formula is C11H10BrNO. The first kappa shape index (κ1) is 9.46. The average Bonchev–Trinajstić information content (AvgIpc) is 2.16. The van der Waals surface area contributed by atoms with Crippen molar-refractivity contribution in [2.24, 2.45) is 0 Å². The van der Waals surface area contributed by atoms with Crippen molar-refractivity contribution in [2.45, 2.75) is 6.92 Å². The van der Waals surface area contributed by atoms with Gasteiger partial charge in [0.15, 0.2) is 0 Å². The van der Waals surface area contributed by atoms with Gasteiger partial charge >= 0.3 is 0 Å². The highest BCUT2D eigenvalue weighted by molar-refractivity contribution is 9.10. The molecule has 0 saturated carbocycles. The molecule has 0 bridgehead atoms. The summed E-state index contributed by atoms with van der Waals surface area (Å²) < 4.78 is 6.12. The summed E-state index contributed by atoms with van der Waals surface area (Å²) in [6.07, 6.45) is 0. The van der Waals surface area contributed by atoms with Gasteiger partial charge in [0.05, 0.1) is 12.5 Å². The Morgan fingerprint density at radius 3 is 2.86 bits per heavy atom. The molecule has 0 saturated heterocycles. The van der Waals surface area contributed by atoms with Gasteiger partial charge in [-0.1, -0.05) is 12.1 Å². The SMILES string of the molecule is COc1cccc2cc(C)nc(Br)c12. The molecule has 0 N–H and O–H groups in total. The first-order valence-electron chi connectivity index (χ1n) is 4.32. The maximum atomic E-state index is 5.28. The smallest absolute Gasteiger partial charge is 0.129 e. The van der Waals surface area contributed by atoms with E-state index in [1.165, 1.54) is 0 Å². The van der Waals surface area contributed by atoms with E-state index in [0.717, 1.165) is 26.8 Å². The van der Waals surface area contributed by atoms with Crippen molar-refractivity contribution in [1.82, 2.24) is 4.98 Å². The molecule has 2 aromatic rings. The monoisotopic (exact) mass is 251 g/mol. The van der Waals surface area contributed by atoms with Crippen molar-refractivity contribution in [2.75, 3.05) is 7.11 Å². The van der Waals surface area contributed by atoms with Crippen molar-refractivity contribution in [3.63, 3.8) is 0 Å². The number of methoxy groups -OCH3 is 1. The number of hydrogen-bond acceptors (Lipinski definition) is 2. The molecule has 3 heteroatoms. The Hall–Kier alpha value is -1.09. The fraction of sp³-hybridized carbons (Fsp3) is 0.182. The van der Waals surface area contributed by atoms with Crippen LogP contribution in [-0.2, 0) is 0 Å². The van der Waals surface area contributed by atoms with Gasteiger partial charge in [0, 0.05) is 5.69 Å². The zero-order valence-electron chi connectivity index (χ0n) is 8.04. The molecule has 0 aliphatic rings.